The van der Waals surface area contributed by atoms with E-state index in [1.54, 1.807) is 24.4 Å². The maximum absolute atomic E-state index is 10.7. The predicted octanol–water partition coefficient (Wildman–Crippen LogP) is 7.12. The second-order valence-electron chi connectivity index (χ2n) is 8.48. The highest BCUT2D eigenvalue weighted by Gasteiger charge is 2.16. The summed E-state index contributed by atoms with van der Waals surface area (Å²) in [5.74, 6) is 0.583. The van der Waals surface area contributed by atoms with E-state index in [1.807, 2.05) is 36.4 Å². The number of hydrogen-bond donors (Lipinski definition) is 0. The van der Waals surface area contributed by atoms with Gasteiger partial charge in [-0.05, 0) is 71.1 Å². The van der Waals surface area contributed by atoms with E-state index in [9.17, 15) is 10.1 Å². The van der Waals surface area contributed by atoms with E-state index in [0.717, 1.165) is 27.9 Å². The monoisotopic (exact) mass is 425 g/mol. The molecule has 0 aliphatic carbocycles. The SMILES string of the molecule is CC(C)(C)c1ccc2oc(-c3ccc(N=C/C=C/c4ccc([N+](=O)[O-])cc4)cc3)nc2c1. The quantitative estimate of drug-likeness (QED) is 0.194. The summed E-state index contributed by atoms with van der Waals surface area (Å²) in [7, 11) is 0. The van der Waals surface area contributed by atoms with Crippen LogP contribution in [0, 0.1) is 10.1 Å². The molecule has 0 saturated heterocycles. The number of allylic oxidation sites excluding steroid dienone is 1. The smallest absolute Gasteiger partial charge is 0.269 e. The molecule has 1 heterocycles. The lowest BCUT2D eigenvalue weighted by Crippen LogP contribution is -2.10. The molecule has 32 heavy (non-hydrogen) atoms. The number of fused-ring (bicyclic) bond motifs is 1. The molecule has 0 aliphatic heterocycles. The van der Waals surface area contributed by atoms with Crippen molar-refractivity contribution < 1.29 is 9.34 Å². The van der Waals surface area contributed by atoms with Crippen molar-refractivity contribution in [3.63, 3.8) is 0 Å². The van der Waals surface area contributed by atoms with Crippen LogP contribution in [0.4, 0.5) is 11.4 Å². The van der Waals surface area contributed by atoms with Gasteiger partial charge in [-0.3, -0.25) is 15.1 Å². The van der Waals surface area contributed by atoms with Crippen LogP contribution >= 0.6 is 0 Å². The average Bonchev–Trinajstić information content (AvgIpc) is 3.20. The molecule has 0 saturated carbocycles. The molecule has 0 amide bonds. The molecule has 0 fully saturated rings. The Balaban J connectivity index is 1.45. The van der Waals surface area contributed by atoms with Gasteiger partial charge in [0.15, 0.2) is 5.58 Å². The fraction of sp³-hybridized carbons (Fsp3) is 0.154. The number of benzene rings is 3. The number of rotatable bonds is 5. The van der Waals surface area contributed by atoms with Gasteiger partial charge in [0.1, 0.15) is 5.52 Å². The van der Waals surface area contributed by atoms with Gasteiger partial charge in [0.25, 0.3) is 5.69 Å². The number of aromatic nitrogens is 1. The molecule has 0 aliphatic rings. The van der Waals surface area contributed by atoms with Gasteiger partial charge in [-0.1, -0.05) is 32.9 Å². The maximum Gasteiger partial charge on any atom is 0.269 e. The Hall–Kier alpha value is -4.06. The van der Waals surface area contributed by atoms with Crippen molar-refractivity contribution in [1.82, 2.24) is 4.98 Å². The highest BCUT2D eigenvalue weighted by atomic mass is 16.6. The first-order valence-electron chi connectivity index (χ1n) is 10.3. The molecule has 1 aromatic heterocycles. The zero-order chi connectivity index (χ0) is 22.7. The first-order valence-corrected chi connectivity index (χ1v) is 10.3. The van der Waals surface area contributed by atoms with Gasteiger partial charge in [0.05, 0.1) is 10.6 Å². The van der Waals surface area contributed by atoms with Crippen LogP contribution in [0.15, 0.2) is 82.2 Å². The summed E-state index contributed by atoms with van der Waals surface area (Å²) in [6.07, 6.45) is 5.32. The van der Waals surface area contributed by atoms with Crippen LogP contribution in [-0.4, -0.2) is 16.1 Å². The minimum atomic E-state index is -0.414. The van der Waals surface area contributed by atoms with Gasteiger partial charge < -0.3 is 4.42 Å². The summed E-state index contributed by atoms with van der Waals surface area (Å²) in [6, 6.07) is 20.2. The Bertz CT molecular complexity index is 1310. The number of oxazole rings is 1. The molecule has 3 aromatic carbocycles. The van der Waals surface area contributed by atoms with Gasteiger partial charge in [0.2, 0.25) is 5.89 Å². The van der Waals surface area contributed by atoms with Crippen LogP contribution in [0.2, 0.25) is 0 Å². The van der Waals surface area contributed by atoms with Crippen molar-refractivity contribution in [2.45, 2.75) is 26.2 Å². The lowest BCUT2D eigenvalue weighted by molar-refractivity contribution is -0.384. The Labute approximate surface area is 186 Å². The second-order valence-corrected chi connectivity index (χ2v) is 8.48. The first kappa shape index (κ1) is 21.2. The van der Waals surface area contributed by atoms with E-state index in [4.69, 9.17) is 4.42 Å². The summed E-state index contributed by atoms with van der Waals surface area (Å²) < 4.78 is 5.93. The zero-order valence-corrected chi connectivity index (χ0v) is 18.1. The molecule has 0 unspecified atom stereocenters. The highest BCUT2D eigenvalue weighted by Crippen LogP contribution is 2.30. The Morgan fingerprint density at radius 1 is 1.00 bits per heavy atom. The highest BCUT2D eigenvalue weighted by molar-refractivity contribution is 5.81. The number of hydrogen-bond acceptors (Lipinski definition) is 5. The average molecular weight is 425 g/mol. The molecular formula is C26H23N3O3. The maximum atomic E-state index is 10.7. The van der Waals surface area contributed by atoms with E-state index in [0.29, 0.717) is 5.89 Å². The van der Waals surface area contributed by atoms with Gasteiger partial charge in [-0.2, -0.15) is 0 Å². The van der Waals surface area contributed by atoms with Crippen LogP contribution in [0.3, 0.4) is 0 Å². The van der Waals surface area contributed by atoms with Crippen molar-refractivity contribution in [3.8, 4) is 11.5 Å². The molecule has 0 radical (unpaired) electrons. The Kier molecular flexibility index (Phi) is 5.69. The van der Waals surface area contributed by atoms with Crippen LogP contribution in [-0.2, 0) is 5.41 Å². The Morgan fingerprint density at radius 2 is 1.72 bits per heavy atom. The van der Waals surface area contributed by atoms with Crippen molar-refractivity contribution in [3.05, 3.63) is 94.0 Å². The van der Waals surface area contributed by atoms with E-state index in [1.165, 1.54) is 17.7 Å². The number of nitrogens with zero attached hydrogens (tertiary/aromatic N) is 3. The minimum absolute atomic E-state index is 0.0554. The number of non-ortho nitro benzene ring substituents is 1. The molecule has 4 aromatic rings. The minimum Gasteiger partial charge on any atom is -0.436 e. The van der Waals surface area contributed by atoms with Gasteiger partial charge >= 0.3 is 0 Å². The van der Waals surface area contributed by atoms with Crippen LogP contribution in [0.5, 0.6) is 0 Å². The molecule has 0 spiro atoms. The molecule has 6 nitrogen and oxygen atoms in total. The molecule has 6 heteroatoms. The van der Waals surface area contributed by atoms with Crippen LogP contribution in [0.1, 0.15) is 31.9 Å². The van der Waals surface area contributed by atoms with Crippen molar-refractivity contribution in [1.29, 1.82) is 0 Å². The summed E-state index contributed by atoms with van der Waals surface area (Å²) in [5, 5.41) is 10.7. The van der Waals surface area contributed by atoms with Gasteiger partial charge in [-0.25, -0.2) is 4.98 Å². The fourth-order valence-corrected chi connectivity index (χ4v) is 3.20. The topological polar surface area (TPSA) is 81.5 Å². The summed E-state index contributed by atoms with van der Waals surface area (Å²) in [6.45, 7) is 6.53. The van der Waals surface area contributed by atoms with Crippen molar-refractivity contribution >= 4 is 34.8 Å². The first-order chi connectivity index (χ1) is 15.3. The molecule has 160 valence electrons. The molecule has 0 N–H and O–H groups in total. The van der Waals surface area contributed by atoms with Crippen LogP contribution in [0.25, 0.3) is 28.6 Å². The number of nitro groups is 1. The summed E-state index contributed by atoms with van der Waals surface area (Å²) >= 11 is 0. The van der Waals surface area contributed by atoms with Gasteiger partial charge in [-0.15, -0.1) is 0 Å². The third-order valence-corrected chi connectivity index (χ3v) is 5.07. The lowest BCUT2D eigenvalue weighted by atomic mass is 9.87. The number of aliphatic imine (C=N–C) groups is 1. The number of nitro benzene ring substituents is 1. The summed E-state index contributed by atoms with van der Waals surface area (Å²) in [4.78, 5) is 19.3. The molecule has 4 rings (SSSR count). The van der Waals surface area contributed by atoms with Crippen molar-refractivity contribution in [2.75, 3.05) is 0 Å². The zero-order valence-electron chi connectivity index (χ0n) is 18.1. The molecule has 0 atom stereocenters. The summed E-state index contributed by atoms with van der Waals surface area (Å²) in [5.41, 5.74) is 5.52. The van der Waals surface area contributed by atoms with E-state index < -0.39 is 4.92 Å². The van der Waals surface area contributed by atoms with Gasteiger partial charge in [0, 0.05) is 23.9 Å². The largest absolute Gasteiger partial charge is 0.436 e. The van der Waals surface area contributed by atoms with Crippen molar-refractivity contribution in [2.24, 2.45) is 4.99 Å². The second kappa shape index (κ2) is 8.59. The van der Waals surface area contributed by atoms with E-state index in [2.05, 4.69) is 42.9 Å². The molecule has 0 bridgehead atoms. The third-order valence-electron chi connectivity index (χ3n) is 5.07. The fourth-order valence-electron chi connectivity index (χ4n) is 3.20. The normalized spacial score (nSPS) is 12.2. The Morgan fingerprint density at radius 3 is 2.38 bits per heavy atom. The van der Waals surface area contributed by atoms with E-state index >= 15 is 0 Å². The van der Waals surface area contributed by atoms with Crippen LogP contribution < -0.4 is 0 Å². The molecular weight excluding hydrogens is 402 g/mol. The predicted molar refractivity (Wildman–Crippen MR) is 128 cm³/mol. The van der Waals surface area contributed by atoms with E-state index in [-0.39, 0.29) is 11.1 Å². The third kappa shape index (κ3) is 4.81. The standard InChI is InChI=1S/C26H23N3O3/c1-26(2,3)20-10-15-24-23(17-20)28-25(32-24)19-8-11-21(12-9-19)27-16-4-5-18-6-13-22(14-7-18)29(30)31/h4-17H,1-3H3/b5-4+,27-16?. The lowest BCUT2D eigenvalue weighted by Gasteiger charge is -2.18.